The maximum atomic E-state index is 13.7. The number of carbonyl (C=O) groups is 1. The van der Waals surface area contributed by atoms with E-state index >= 15 is 0 Å². The molecule has 164 valence electrons. The van der Waals surface area contributed by atoms with Crippen LogP contribution in [0.4, 0.5) is 5.13 Å². The number of benzene rings is 2. The van der Waals surface area contributed by atoms with E-state index in [1.807, 2.05) is 25.1 Å². The van der Waals surface area contributed by atoms with E-state index in [9.17, 15) is 4.79 Å². The second kappa shape index (κ2) is 9.53. The minimum absolute atomic E-state index is 0.0217. The van der Waals surface area contributed by atoms with Gasteiger partial charge in [0.15, 0.2) is 5.13 Å². The predicted octanol–water partition coefficient (Wildman–Crippen LogP) is 4.54. The number of ether oxygens (including phenoxy) is 4. The minimum Gasteiger partial charge on any atom is -0.497 e. The monoisotopic (exact) mass is 442 g/mol. The lowest BCUT2D eigenvalue weighted by molar-refractivity contribution is 0.0914. The highest BCUT2D eigenvalue weighted by Crippen LogP contribution is 2.34. The van der Waals surface area contributed by atoms with Gasteiger partial charge in [0.1, 0.15) is 17.2 Å². The number of hydrogen-bond donors (Lipinski definition) is 0. The Morgan fingerprint density at radius 3 is 2.74 bits per heavy atom. The molecule has 8 heteroatoms. The lowest BCUT2D eigenvalue weighted by Gasteiger charge is -2.24. The Morgan fingerprint density at radius 1 is 1.19 bits per heavy atom. The van der Waals surface area contributed by atoms with Gasteiger partial charge in [0.05, 0.1) is 49.3 Å². The molecule has 2 heterocycles. The van der Waals surface area contributed by atoms with Gasteiger partial charge in [0.25, 0.3) is 5.91 Å². The Balaban J connectivity index is 1.74. The summed E-state index contributed by atoms with van der Waals surface area (Å²) in [5, 5.41) is 0.619. The Morgan fingerprint density at radius 2 is 2.03 bits per heavy atom. The van der Waals surface area contributed by atoms with Crippen LogP contribution in [0.2, 0.25) is 0 Å². The second-order valence-corrected chi connectivity index (χ2v) is 8.19. The van der Waals surface area contributed by atoms with Gasteiger partial charge in [-0.2, -0.15) is 0 Å². The molecule has 0 spiro atoms. The third-order valence-electron chi connectivity index (χ3n) is 5.18. The lowest BCUT2D eigenvalue weighted by Crippen LogP contribution is -2.37. The van der Waals surface area contributed by atoms with Gasteiger partial charge in [-0.1, -0.05) is 11.3 Å². The first-order valence-corrected chi connectivity index (χ1v) is 11.1. The summed E-state index contributed by atoms with van der Waals surface area (Å²) in [6.45, 7) is 3.69. The van der Waals surface area contributed by atoms with Crippen LogP contribution in [0.1, 0.15) is 30.1 Å². The molecule has 0 N–H and O–H groups in total. The van der Waals surface area contributed by atoms with E-state index in [2.05, 4.69) is 0 Å². The third kappa shape index (κ3) is 4.60. The molecule has 0 aliphatic carbocycles. The molecule has 1 saturated heterocycles. The zero-order valence-electron chi connectivity index (χ0n) is 17.9. The molecule has 1 aromatic heterocycles. The highest BCUT2D eigenvalue weighted by Gasteiger charge is 2.29. The van der Waals surface area contributed by atoms with E-state index in [0.29, 0.717) is 42.0 Å². The number of aromatic nitrogens is 1. The van der Waals surface area contributed by atoms with E-state index < -0.39 is 0 Å². The van der Waals surface area contributed by atoms with Gasteiger partial charge >= 0.3 is 0 Å². The fourth-order valence-electron chi connectivity index (χ4n) is 3.63. The largest absolute Gasteiger partial charge is 0.497 e. The fourth-order valence-corrected chi connectivity index (χ4v) is 4.63. The summed E-state index contributed by atoms with van der Waals surface area (Å²) >= 11 is 1.46. The molecular weight excluding hydrogens is 416 g/mol. The fraction of sp³-hybridized carbons (Fsp3) is 0.391. The van der Waals surface area contributed by atoms with Crippen molar-refractivity contribution in [3.63, 3.8) is 0 Å². The number of amides is 1. The molecule has 1 aliphatic rings. The van der Waals surface area contributed by atoms with Gasteiger partial charge in [-0.15, -0.1) is 0 Å². The van der Waals surface area contributed by atoms with Crippen molar-refractivity contribution in [3.8, 4) is 17.2 Å². The average molecular weight is 443 g/mol. The lowest BCUT2D eigenvalue weighted by atomic mass is 10.1. The molecule has 1 amide bonds. The van der Waals surface area contributed by atoms with Crippen molar-refractivity contribution in [1.82, 2.24) is 4.98 Å². The first kappa shape index (κ1) is 21.4. The van der Waals surface area contributed by atoms with E-state index in [4.69, 9.17) is 23.9 Å². The summed E-state index contributed by atoms with van der Waals surface area (Å²) in [4.78, 5) is 20.1. The van der Waals surface area contributed by atoms with E-state index in [0.717, 1.165) is 28.8 Å². The molecule has 3 aromatic rings. The van der Waals surface area contributed by atoms with Gasteiger partial charge in [0.2, 0.25) is 0 Å². The van der Waals surface area contributed by atoms with Crippen LogP contribution in [0.3, 0.4) is 0 Å². The molecule has 31 heavy (non-hydrogen) atoms. The molecule has 1 unspecified atom stereocenters. The van der Waals surface area contributed by atoms with Crippen LogP contribution in [-0.2, 0) is 4.74 Å². The van der Waals surface area contributed by atoms with Crippen molar-refractivity contribution < 1.29 is 23.7 Å². The maximum Gasteiger partial charge on any atom is 0.264 e. The van der Waals surface area contributed by atoms with Gasteiger partial charge in [-0.3, -0.25) is 9.69 Å². The summed E-state index contributed by atoms with van der Waals surface area (Å²) in [6, 6.07) is 11.0. The van der Waals surface area contributed by atoms with Crippen LogP contribution in [0.15, 0.2) is 36.4 Å². The van der Waals surface area contributed by atoms with Gasteiger partial charge in [0, 0.05) is 6.61 Å². The number of methoxy groups -OCH3 is 2. The van der Waals surface area contributed by atoms with Gasteiger partial charge in [-0.25, -0.2) is 4.98 Å². The second-order valence-electron chi connectivity index (χ2n) is 7.18. The summed E-state index contributed by atoms with van der Waals surface area (Å²) in [5.41, 5.74) is 1.25. The molecule has 1 atom stereocenters. The Bertz CT molecular complexity index is 1060. The summed E-state index contributed by atoms with van der Waals surface area (Å²) in [6.07, 6.45) is 1.89. The highest BCUT2D eigenvalue weighted by molar-refractivity contribution is 7.22. The summed E-state index contributed by atoms with van der Waals surface area (Å²) < 4.78 is 23.2. The van der Waals surface area contributed by atoms with Crippen LogP contribution in [0.25, 0.3) is 10.2 Å². The minimum atomic E-state index is -0.199. The average Bonchev–Trinajstić information content (AvgIpc) is 3.46. The molecule has 4 rings (SSSR count). The van der Waals surface area contributed by atoms with Crippen LogP contribution in [-0.4, -0.2) is 51.0 Å². The standard InChI is InChI=1S/C23H26N2O5S/c1-4-29-16-7-9-19-21(13-16)31-23(24-19)25(14-17-6-5-11-30-17)22(26)18-12-15(27-2)8-10-20(18)28-3/h7-10,12-13,17H,4-6,11,14H2,1-3H3. The molecule has 0 bridgehead atoms. The zero-order chi connectivity index (χ0) is 21.8. The van der Waals surface area contributed by atoms with Crippen LogP contribution in [0, 0.1) is 0 Å². The summed E-state index contributed by atoms with van der Waals surface area (Å²) in [7, 11) is 3.12. The smallest absolute Gasteiger partial charge is 0.264 e. The van der Waals surface area contributed by atoms with Crippen molar-refractivity contribution in [1.29, 1.82) is 0 Å². The van der Waals surface area contributed by atoms with Crippen LogP contribution >= 0.6 is 11.3 Å². The van der Waals surface area contributed by atoms with E-state index in [-0.39, 0.29) is 12.0 Å². The first-order chi connectivity index (χ1) is 15.1. The number of rotatable bonds is 8. The molecule has 0 saturated carbocycles. The number of fused-ring (bicyclic) bond motifs is 1. The quantitative estimate of drug-likeness (QED) is 0.510. The SMILES string of the molecule is CCOc1ccc2nc(N(CC3CCCO3)C(=O)c3cc(OC)ccc3OC)sc2c1. The topological polar surface area (TPSA) is 70.1 Å². The number of carbonyl (C=O) groups excluding carboxylic acids is 1. The number of thiazole rings is 1. The molecule has 1 aliphatic heterocycles. The number of hydrogen-bond acceptors (Lipinski definition) is 7. The molecule has 1 fully saturated rings. The zero-order valence-corrected chi connectivity index (χ0v) is 18.7. The van der Waals surface area contributed by atoms with E-state index in [1.165, 1.54) is 11.3 Å². The van der Waals surface area contributed by atoms with Crippen molar-refractivity contribution in [2.45, 2.75) is 25.9 Å². The molecule has 0 radical (unpaired) electrons. The maximum absolute atomic E-state index is 13.7. The van der Waals surface area contributed by atoms with Crippen molar-refractivity contribution >= 4 is 32.6 Å². The molecule has 2 aromatic carbocycles. The first-order valence-electron chi connectivity index (χ1n) is 10.3. The summed E-state index contributed by atoms with van der Waals surface area (Å²) in [5.74, 6) is 1.67. The van der Waals surface area contributed by atoms with Crippen molar-refractivity contribution in [2.75, 3.05) is 38.9 Å². The number of nitrogens with zero attached hydrogens (tertiary/aromatic N) is 2. The van der Waals surface area contributed by atoms with Gasteiger partial charge in [-0.05, 0) is 56.2 Å². The van der Waals surface area contributed by atoms with Crippen molar-refractivity contribution in [3.05, 3.63) is 42.0 Å². The Hall–Kier alpha value is -2.84. The van der Waals surface area contributed by atoms with Crippen molar-refractivity contribution in [2.24, 2.45) is 0 Å². The Kier molecular flexibility index (Phi) is 6.58. The van der Waals surface area contributed by atoms with Crippen LogP contribution in [0.5, 0.6) is 17.2 Å². The van der Waals surface area contributed by atoms with Gasteiger partial charge < -0.3 is 18.9 Å². The van der Waals surface area contributed by atoms with Crippen LogP contribution < -0.4 is 19.1 Å². The Labute approximate surface area is 185 Å². The highest BCUT2D eigenvalue weighted by atomic mass is 32.1. The third-order valence-corrected chi connectivity index (χ3v) is 6.22. The molecular formula is C23H26N2O5S. The number of anilines is 1. The van der Waals surface area contributed by atoms with E-state index in [1.54, 1.807) is 37.3 Å². The normalized spacial score (nSPS) is 15.8. The molecule has 7 nitrogen and oxygen atoms in total. The predicted molar refractivity (Wildman–Crippen MR) is 121 cm³/mol.